The quantitative estimate of drug-likeness (QED) is 0.202. The molecular weight excluding hydrogens is 538 g/mol. The fourth-order valence-corrected chi connectivity index (χ4v) is 7.05. The highest BCUT2D eigenvalue weighted by molar-refractivity contribution is 9.10. The van der Waals surface area contributed by atoms with Crippen molar-refractivity contribution < 1.29 is 0 Å². The Labute approximate surface area is 236 Å². The van der Waals surface area contributed by atoms with Crippen molar-refractivity contribution in [1.82, 2.24) is 4.57 Å². The molecule has 184 valence electrons. The Morgan fingerprint density at radius 1 is 0.462 bits per heavy atom. The molecule has 0 N–H and O–H groups in total. The summed E-state index contributed by atoms with van der Waals surface area (Å²) in [5.74, 6) is 0. The van der Waals surface area contributed by atoms with Crippen molar-refractivity contribution in [2.75, 3.05) is 0 Å². The van der Waals surface area contributed by atoms with Crippen LogP contribution in [0.15, 0.2) is 150 Å². The number of rotatable bonds is 3. The molecule has 8 rings (SSSR count). The van der Waals surface area contributed by atoms with Crippen LogP contribution in [0.25, 0.3) is 38.6 Å². The van der Waals surface area contributed by atoms with Gasteiger partial charge in [-0.2, -0.15) is 0 Å². The molecule has 0 radical (unpaired) electrons. The first kappa shape index (κ1) is 22.6. The summed E-state index contributed by atoms with van der Waals surface area (Å²) < 4.78 is 3.47. The van der Waals surface area contributed by atoms with Gasteiger partial charge in [0.1, 0.15) is 0 Å². The average molecular weight is 563 g/mol. The van der Waals surface area contributed by atoms with Gasteiger partial charge in [0, 0.05) is 20.9 Å². The normalized spacial score (nSPS) is 13.5. The molecule has 0 bridgehead atoms. The van der Waals surface area contributed by atoms with Crippen LogP contribution in [0.2, 0.25) is 0 Å². The lowest BCUT2D eigenvalue weighted by Gasteiger charge is -2.34. The van der Waals surface area contributed by atoms with Crippen LogP contribution in [0.3, 0.4) is 0 Å². The second-order valence-corrected chi connectivity index (χ2v) is 11.2. The Balaban J connectivity index is 1.51. The fraction of sp³-hybridized carbons (Fsp3) is 0.0270. The van der Waals surface area contributed by atoms with Crippen LogP contribution in [0.1, 0.15) is 22.3 Å². The molecule has 0 amide bonds. The maximum atomic E-state index is 3.67. The third-order valence-electron chi connectivity index (χ3n) is 8.35. The minimum absolute atomic E-state index is 0.419. The van der Waals surface area contributed by atoms with Crippen LogP contribution in [-0.4, -0.2) is 4.57 Å². The lowest BCUT2D eigenvalue weighted by atomic mass is 9.67. The number of hydrogen-bond donors (Lipinski definition) is 0. The summed E-state index contributed by atoms with van der Waals surface area (Å²) in [7, 11) is 0. The van der Waals surface area contributed by atoms with Crippen molar-refractivity contribution in [1.29, 1.82) is 0 Å². The van der Waals surface area contributed by atoms with Gasteiger partial charge >= 0.3 is 0 Å². The second-order valence-electron chi connectivity index (χ2n) is 10.3. The van der Waals surface area contributed by atoms with E-state index in [1.807, 2.05) is 0 Å². The van der Waals surface area contributed by atoms with E-state index in [4.69, 9.17) is 0 Å². The summed E-state index contributed by atoms with van der Waals surface area (Å²) in [4.78, 5) is 0. The Morgan fingerprint density at radius 3 is 1.74 bits per heavy atom. The summed E-state index contributed by atoms with van der Waals surface area (Å²) in [6.07, 6.45) is 0. The number of nitrogens with zero attached hydrogens (tertiary/aromatic N) is 1. The van der Waals surface area contributed by atoms with E-state index in [-0.39, 0.29) is 0 Å². The SMILES string of the molecule is Brc1ccc(C2(c3ccc4c(c3)c3ccccc3n4-c3ccccc3)c3ccccc3-c3ccccc32)cc1. The highest BCUT2D eigenvalue weighted by atomic mass is 79.9. The standard InChI is InChI=1S/C37H24BrN/c38-27-21-18-25(19-22-27)37(33-15-7-4-12-29(33)30-13-5-8-16-34(30)37)26-20-23-36-32(24-26)31-14-6-9-17-35(31)39(36)28-10-2-1-3-11-28/h1-24H. The highest BCUT2D eigenvalue weighted by Gasteiger charge is 2.46. The molecule has 1 nitrogen and oxygen atoms in total. The van der Waals surface area contributed by atoms with Crippen molar-refractivity contribution in [3.05, 3.63) is 172 Å². The lowest BCUT2D eigenvalue weighted by molar-refractivity contribution is 0.769. The predicted molar refractivity (Wildman–Crippen MR) is 166 cm³/mol. The average Bonchev–Trinajstić information content (AvgIpc) is 3.49. The van der Waals surface area contributed by atoms with Crippen LogP contribution < -0.4 is 0 Å². The summed E-state index contributed by atoms with van der Waals surface area (Å²) >= 11 is 3.67. The van der Waals surface area contributed by atoms with Crippen LogP contribution >= 0.6 is 15.9 Å². The van der Waals surface area contributed by atoms with Crippen LogP contribution in [0.4, 0.5) is 0 Å². The van der Waals surface area contributed by atoms with E-state index in [1.165, 1.54) is 60.9 Å². The van der Waals surface area contributed by atoms with E-state index in [0.717, 1.165) is 4.47 Å². The van der Waals surface area contributed by atoms with Gasteiger partial charge in [0.15, 0.2) is 0 Å². The van der Waals surface area contributed by atoms with Crippen molar-refractivity contribution in [3.8, 4) is 16.8 Å². The monoisotopic (exact) mass is 561 g/mol. The second kappa shape index (κ2) is 8.56. The first-order valence-corrected chi connectivity index (χ1v) is 14.1. The number of hydrogen-bond acceptors (Lipinski definition) is 0. The molecule has 6 aromatic carbocycles. The molecule has 0 aliphatic heterocycles. The van der Waals surface area contributed by atoms with E-state index in [2.05, 4.69) is 166 Å². The minimum Gasteiger partial charge on any atom is -0.309 e. The highest BCUT2D eigenvalue weighted by Crippen LogP contribution is 2.56. The third-order valence-corrected chi connectivity index (χ3v) is 8.88. The van der Waals surface area contributed by atoms with Gasteiger partial charge in [0.05, 0.1) is 16.4 Å². The zero-order chi connectivity index (χ0) is 26.0. The van der Waals surface area contributed by atoms with Gasteiger partial charge in [-0.25, -0.2) is 0 Å². The maximum Gasteiger partial charge on any atom is 0.0713 e. The zero-order valence-corrected chi connectivity index (χ0v) is 22.8. The van der Waals surface area contributed by atoms with Crippen molar-refractivity contribution in [2.45, 2.75) is 5.41 Å². The number of aromatic nitrogens is 1. The fourth-order valence-electron chi connectivity index (χ4n) is 6.79. The molecule has 0 unspecified atom stereocenters. The van der Waals surface area contributed by atoms with Gasteiger partial charge in [-0.1, -0.05) is 119 Å². The number of fused-ring (bicyclic) bond motifs is 6. The Bertz CT molecular complexity index is 1970. The molecule has 1 aliphatic rings. The van der Waals surface area contributed by atoms with E-state index < -0.39 is 5.41 Å². The molecule has 1 heterocycles. The number of benzene rings is 6. The van der Waals surface area contributed by atoms with Gasteiger partial charge in [-0.3, -0.25) is 0 Å². The smallest absolute Gasteiger partial charge is 0.0713 e. The Morgan fingerprint density at radius 2 is 1.03 bits per heavy atom. The summed E-state index contributed by atoms with van der Waals surface area (Å²) in [5, 5.41) is 2.54. The van der Waals surface area contributed by atoms with E-state index >= 15 is 0 Å². The molecule has 0 saturated heterocycles. The van der Waals surface area contributed by atoms with Crippen molar-refractivity contribution in [2.24, 2.45) is 0 Å². The van der Waals surface area contributed by atoms with E-state index in [9.17, 15) is 0 Å². The van der Waals surface area contributed by atoms with Gasteiger partial charge in [0.25, 0.3) is 0 Å². The van der Waals surface area contributed by atoms with Gasteiger partial charge in [-0.15, -0.1) is 0 Å². The number of para-hydroxylation sites is 2. The molecular formula is C37H24BrN. The Kier molecular flexibility index (Phi) is 4.95. The minimum atomic E-state index is -0.419. The van der Waals surface area contributed by atoms with Gasteiger partial charge in [0.2, 0.25) is 0 Å². The molecule has 7 aromatic rings. The van der Waals surface area contributed by atoms with Crippen molar-refractivity contribution in [3.63, 3.8) is 0 Å². The van der Waals surface area contributed by atoms with Crippen LogP contribution in [-0.2, 0) is 5.41 Å². The van der Waals surface area contributed by atoms with E-state index in [1.54, 1.807) is 0 Å². The van der Waals surface area contributed by atoms with Crippen molar-refractivity contribution >= 4 is 37.7 Å². The van der Waals surface area contributed by atoms with Gasteiger partial charge in [-0.05, 0) is 75.8 Å². The maximum absolute atomic E-state index is 3.67. The topological polar surface area (TPSA) is 4.93 Å². The number of halogens is 1. The molecule has 1 aromatic heterocycles. The Hall–Kier alpha value is -4.40. The first-order chi connectivity index (χ1) is 19.3. The molecule has 1 aliphatic carbocycles. The third kappa shape index (κ3) is 3.13. The molecule has 39 heavy (non-hydrogen) atoms. The molecule has 0 fully saturated rings. The predicted octanol–water partition coefficient (Wildman–Crippen LogP) is 9.91. The molecule has 2 heteroatoms. The molecule has 0 saturated carbocycles. The van der Waals surface area contributed by atoms with E-state index in [0.29, 0.717) is 0 Å². The van der Waals surface area contributed by atoms with Crippen LogP contribution in [0.5, 0.6) is 0 Å². The lowest BCUT2D eigenvalue weighted by Crippen LogP contribution is -2.28. The van der Waals surface area contributed by atoms with Gasteiger partial charge < -0.3 is 4.57 Å². The largest absolute Gasteiger partial charge is 0.309 e. The summed E-state index contributed by atoms with van der Waals surface area (Å²) in [5.41, 5.74) is 11.0. The molecule has 0 spiro atoms. The summed E-state index contributed by atoms with van der Waals surface area (Å²) in [6, 6.07) is 53.3. The first-order valence-electron chi connectivity index (χ1n) is 13.3. The summed E-state index contributed by atoms with van der Waals surface area (Å²) in [6.45, 7) is 0. The van der Waals surface area contributed by atoms with Crippen LogP contribution in [0, 0.1) is 0 Å². The molecule has 0 atom stereocenters. The zero-order valence-electron chi connectivity index (χ0n) is 21.2.